The second-order valence-electron chi connectivity index (χ2n) is 4.37. The first kappa shape index (κ1) is 15.7. The van der Waals surface area contributed by atoms with Crippen molar-refractivity contribution in [1.29, 1.82) is 0 Å². The number of ether oxygens (including phenoxy) is 1. The summed E-state index contributed by atoms with van der Waals surface area (Å²) in [5.74, 6) is -1.07. The first-order valence-corrected chi connectivity index (χ1v) is 6.27. The van der Waals surface area contributed by atoms with Gasteiger partial charge in [0.15, 0.2) is 0 Å². The van der Waals surface area contributed by atoms with Gasteiger partial charge in [0, 0.05) is 19.7 Å². The van der Waals surface area contributed by atoms with Crippen LogP contribution in [0.5, 0.6) is 5.88 Å². The SMILES string of the molecule is CCOc1ccc(NC(=O)N(C)CC(C)C(=O)O)cn1. The number of carboxylic acids is 1. The molecule has 0 aromatic carbocycles. The van der Waals surface area contributed by atoms with Gasteiger partial charge in [0.2, 0.25) is 5.88 Å². The normalized spacial score (nSPS) is 11.6. The third kappa shape index (κ3) is 4.75. The summed E-state index contributed by atoms with van der Waals surface area (Å²) in [5, 5.41) is 11.4. The number of carbonyl (C=O) groups excluding carboxylic acids is 1. The maximum atomic E-state index is 11.8. The lowest BCUT2D eigenvalue weighted by Crippen LogP contribution is -2.36. The van der Waals surface area contributed by atoms with Crippen molar-refractivity contribution in [3.05, 3.63) is 18.3 Å². The van der Waals surface area contributed by atoms with Crippen molar-refractivity contribution in [3.8, 4) is 5.88 Å². The largest absolute Gasteiger partial charge is 0.481 e. The summed E-state index contributed by atoms with van der Waals surface area (Å²) in [6, 6.07) is 2.94. The first-order valence-electron chi connectivity index (χ1n) is 6.27. The van der Waals surface area contributed by atoms with E-state index in [0.717, 1.165) is 0 Å². The zero-order valence-electron chi connectivity index (χ0n) is 11.8. The smallest absolute Gasteiger partial charge is 0.321 e. The van der Waals surface area contributed by atoms with Gasteiger partial charge in [-0.2, -0.15) is 0 Å². The lowest BCUT2D eigenvalue weighted by atomic mass is 10.2. The monoisotopic (exact) mass is 281 g/mol. The van der Waals surface area contributed by atoms with E-state index >= 15 is 0 Å². The summed E-state index contributed by atoms with van der Waals surface area (Å²) in [6.07, 6.45) is 1.48. The van der Waals surface area contributed by atoms with E-state index in [1.807, 2.05) is 6.92 Å². The predicted octanol–water partition coefficient (Wildman–Crippen LogP) is 1.66. The number of anilines is 1. The number of pyridine rings is 1. The highest BCUT2D eigenvalue weighted by Gasteiger charge is 2.17. The number of aromatic nitrogens is 1. The molecule has 7 nitrogen and oxygen atoms in total. The molecular weight excluding hydrogens is 262 g/mol. The highest BCUT2D eigenvalue weighted by Crippen LogP contribution is 2.12. The molecule has 0 saturated heterocycles. The Kier molecular flexibility index (Phi) is 5.76. The minimum absolute atomic E-state index is 0.131. The molecule has 7 heteroatoms. The summed E-state index contributed by atoms with van der Waals surface area (Å²) in [4.78, 5) is 27.9. The number of amides is 2. The fourth-order valence-electron chi connectivity index (χ4n) is 1.48. The van der Waals surface area contributed by atoms with Crippen molar-refractivity contribution in [2.24, 2.45) is 5.92 Å². The van der Waals surface area contributed by atoms with Gasteiger partial charge in [-0.25, -0.2) is 9.78 Å². The topological polar surface area (TPSA) is 91.8 Å². The van der Waals surface area contributed by atoms with E-state index in [4.69, 9.17) is 9.84 Å². The predicted molar refractivity (Wildman–Crippen MR) is 73.9 cm³/mol. The van der Waals surface area contributed by atoms with Crippen LogP contribution in [-0.4, -0.2) is 47.2 Å². The highest BCUT2D eigenvalue weighted by molar-refractivity contribution is 5.89. The van der Waals surface area contributed by atoms with Gasteiger partial charge in [0.1, 0.15) is 0 Å². The summed E-state index contributed by atoms with van der Waals surface area (Å²) in [7, 11) is 1.54. The molecule has 1 aromatic heterocycles. The molecule has 1 rings (SSSR count). The Morgan fingerprint density at radius 1 is 1.50 bits per heavy atom. The molecule has 0 saturated carbocycles. The van der Waals surface area contributed by atoms with Gasteiger partial charge in [-0.05, 0) is 13.0 Å². The van der Waals surface area contributed by atoms with Crippen molar-refractivity contribution >= 4 is 17.7 Å². The van der Waals surface area contributed by atoms with Crippen molar-refractivity contribution < 1.29 is 19.4 Å². The standard InChI is InChI=1S/C13H19N3O4/c1-4-20-11-6-5-10(7-14-11)15-13(19)16(3)8-9(2)12(17)18/h5-7,9H,4,8H2,1-3H3,(H,15,19)(H,17,18). The van der Waals surface area contributed by atoms with Crippen LogP contribution in [0.15, 0.2) is 18.3 Å². The molecular formula is C13H19N3O4. The van der Waals surface area contributed by atoms with Gasteiger partial charge >= 0.3 is 12.0 Å². The van der Waals surface area contributed by atoms with Crippen LogP contribution in [0, 0.1) is 5.92 Å². The molecule has 2 amide bonds. The summed E-state index contributed by atoms with van der Waals surface area (Å²) < 4.78 is 5.19. The Morgan fingerprint density at radius 2 is 2.20 bits per heavy atom. The molecule has 1 heterocycles. The van der Waals surface area contributed by atoms with Crippen molar-refractivity contribution in [3.63, 3.8) is 0 Å². The van der Waals surface area contributed by atoms with Crippen LogP contribution in [0.25, 0.3) is 0 Å². The van der Waals surface area contributed by atoms with Gasteiger partial charge in [0.05, 0.1) is 24.4 Å². The number of carboxylic acid groups (broad SMARTS) is 1. The lowest BCUT2D eigenvalue weighted by molar-refractivity contribution is -0.141. The van der Waals surface area contributed by atoms with E-state index in [1.54, 1.807) is 19.1 Å². The average molecular weight is 281 g/mol. The van der Waals surface area contributed by atoms with Crippen LogP contribution in [0.3, 0.4) is 0 Å². The molecule has 1 atom stereocenters. The van der Waals surface area contributed by atoms with E-state index in [1.165, 1.54) is 18.1 Å². The Labute approximate surface area is 117 Å². The molecule has 1 unspecified atom stereocenters. The Hall–Kier alpha value is -2.31. The van der Waals surface area contributed by atoms with Crippen LogP contribution >= 0.6 is 0 Å². The fraction of sp³-hybridized carbons (Fsp3) is 0.462. The van der Waals surface area contributed by atoms with E-state index in [0.29, 0.717) is 18.2 Å². The van der Waals surface area contributed by atoms with Gasteiger partial charge in [-0.3, -0.25) is 4.79 Å². The molecule has 2 N–H and O–H groups in total. The third-order valence-electron chi connectivity index (χ3n) is 2.60. The van der Waals surface area contributed by atoms with Crippen LogP contribution in [0.4, 0.5) is 10.5 Å². The Morgan fingerprint density at radius 3 is 2.70 bits per heavy atom. The van der Waals surface area contributed by atoms with Gasteiger partial charge in [-0.15, -0.1) is 0 Å². The zero-order valence-corrected chi connectivity index (χ0v) is 11.8. The quantitative estimate of drug-likeness (QED) is 0.827. The second-order valence-corrected chi connectivity index (χ2v) is 4.37. The summed E-state index contributed by atoms with van der Waals surface area (Å²) >= 11 is 0. The fourth-order valence-corrected chi connectivity index (χ4v) is 1.48. The second kappa shape index (κ2) is 7.32. The number of carbonyl (C=O) groups is 2. The number of aliphatic carboxylic acids is 1. The van der Waals surface area contributed by atoms with Crippen LogP contribution < -0.4 is 10.1 Å². The summed E-state index contributed by atoms with van der Waals surface area (Å²) in [5.41, 5.74) is 0.522. The maximum absolute atomic E-state index is 11.8. The molecule has 110 valence electrons. The van der Waals surface area contributed by atoms with Crippen molar-refractivity contribution in [2.45, 2.75) is 13.8 Å². The minimum atomic E-state index is -0.938. The van der Waals surface area contributed by atoms with Gasteiger partial charge in [0.25, 0.3) is 0 Å². The molecule has 20 heavy (non-hydrogen) atoms. The van der Waals surface area contributed by atoms with E-state index in [2.05, 4.69) is 10.3 Å². The summed E-state index contributed by atoms with van der Waals surface area (Å²) in [6.45, 7) is 4.06. The van der Waals surface area contributed by atoms with Crippen LogP contribution in [0.2, 0.25) is 0 Å². The molecule has 0 bridgehead atoms. The van der Waals surface area contributed by atoms with E-state index in [9.17, 15) is 9.59 Å². The molecule has 0 aliphatic carbocycles. The van der Waals surface area contributed by atoms with Crippen LogP contribution in [-0.2, 0) is 4.79 Å². The third-order valence-corrected chi connectivity index (χ3v) is 2.60. The van der Waals surface area contributed by atoms with Crippen LogP contribution in [0.1, 0.15) is 13.8 Å². The van der Waals surface area contributed by atoms with E-state index in [-0.39, 0.29) is 12.6 Å². The van der Waals surface area contributed by atoms with Gasteiger partial charge < -0.3 is 20.1 Å². The molecule has 0 fully saturated rings. The molecule has 0 spiro atoms. The average Bonchev–Trinajstić information content (AvgIpc) is 2.41. The Balaban J connectivity index is 2.54. The first-order chi connectivity index (χ1) is 9.43. The number of hydrogen-bond donors (Lipinski definition) is 2. The van der Waals surface area contributed by atoms with Gasteiger partial charge in [-0.1, -0.05) is 6.92 Å². The molecule has 0 radical (unpaired) electrons. The molecule has 1 aromatic rings. The number of hydrogen-bond acceptors (Lipinski definition) is 4. The molecule has 0 aliphatic rings. The minimum Gasteiger partial charge on any atom is -0.481 e. The van der Waals surface area contributed by atoms with Crippen molar-refractivity contribution in [1.82, 2.24) is 9.88 Å². The zero-order chi connectivity index (χ0) is 15.1. The van der Waals surface area contributed by atoms with Crippen molar-refractivity contribution in [2.75, 3.05) is 25.5 Å². The Bertz CT molecular complexity index is 461. The lowest BCUT2D eigenvalue weighted by Gasteiger charge is -2.19. The number of nitrogens with one attached hydrogen (secondary N) is 1. The maximum Gasteiger partial charge on any atom is 0.321 e. The molecule has 0 aliphatic heterocycles. The number of nitrogens with zero attached hydrogens (tertiary/aromatic N) is 2. The number of urea groups is 1. The van der Waals surface area contributed by atoms with E-state index < -0.39 is 11.9 Å². The highest BCUT2D eigenvalue weighted by atomic mass is 16.5. The number of rotatable bonds is 6.